The Hall–Kier alpha value is -0.570. The number of hydrogen-bond acceptors (Lipinski definition) is 2. The molecule has 0 saturated carbocycles. The highest BCUT2D eigenvalue weighted by Crippen LogP contribution is 2.24. The van der Waals surface area contributed by atoms with Crippen LogP contribution in [0.25, 0.3) is 0 Å². The molecular formula is C11H20N2O. The van der Waals surface area contributed by atoms with Crippen molar-refractivity contribution in [2.45, 2.75) is 38.6 Å². The summed E-state index contributed by atoms with van der Waals surface area (Å²) < 4.78 is 5.44. The van der Waals surface area contributed by atoms with Crippen molar-refractivity contribution in [3.8, 4) is 0 Å². The molecule has 2 fully saturated rings. The largest absolute Gasteiger partial charge is 0.381 e. The summed E-state index contributed by atoms with van der Waals surface area (Å²) in [7, 11) is 0. The van der Waals surface area contributed by atoms with Crippen LogP contribution in [0, 0.1) is 11.3 Å². The summed E-state index contributed by atoms with van der Waals surface area (Å²) in [6.07, 6.45) is 4.53. The first kappa shape index (κ1) is 9.97. The molecule has 0 aromatic rings. The van der Waals surface area contributed by atoms with E-state index in [9.17, 15) is 0 Å². The van der Waals surface area contributed by atoms with Crippen molar-refractivity contribution in [2.24, 2.45) is 5.92 Å². The summed E-state index contributed by atoms with van der Waals surface area (Å²) in [5, 5.41) is 7.96. The van der Waals surface area contributed by atoms with Crippen LogP contribution in [0.2, 0.25) is 0 Å². The highest BCUT2D eigenvalue weighted by molar-refractivity contribution is 5.80. The van der Waals surface area contributed by atoms with E-state index in [-0.39, 0.29) is 0 Å². The molecule has 2 atom stereocenters. The van der Waals surface area contributed by atoms with Gasteiger partial charge in [-0.3, -0.25) is 5.41 Å². The van der Waals surface area contributed by atoms with E-state index in [1.54, 1.807) is 0 Å². The molecule has 2 rings (SSSR count). The number of piperidine rings is 1. The maximum absolute atomic E-state index is 7.96. The normalized spacial score (nSPS) is 34.6. The maximum atomic E-state index is 7.96. The van der Waals surface area contributed by atoms with Gasteiger partial charge in [-0.1, -0.05) is 6.92 Å². The predicted molar refractivity (Wildman–Crippen MR) is 56.7 cm³/mol. The van der Waals surface area contributed by atoms with Gasteiger partial charge in [-0.15, -0.1) is 0 Å². The Labute approximate surface area is 85.9 Å². The van der Waals surface area contributed by atoms with Crippen LogP contribution >= 0.6 is 0 Å². The van der Waals surface area contributed by atoms with Crippen molar-refractivity contribution >= 4 is 5.84 Å². The minimum Gasteiger partial charge on any atom is -0.381 e. The van der Waals surface area contributed by atoms with Gasteiger partial charge >= 0.3 is 0 Å². The molecular weight excluding hydrogens is 176 g/mol. The van der Waals surface area contributed by atoms with Crippen molar-refractivity contribution in [1.82, 2.24) is 4.90 Å². The standard InChI is InChI=1S/C11H20N2O/c1-9-8-14-7-5-10(9)13-6-3-2-4-11(13)12/h9-10,12H,2-8H2,1H3. The van der Waals surface area contributed by atoms with E-state index in [2.05, 4.69) is 11.8 Å². The summed E-state index contributed by atoms with van der Waals surface area (Å²) in [5.74, 6) is 1.44. The first-order valence-electron chi connectivity index (χ1n) is 5.71. The maximum Gasteiger partial charge on any atom is 0.0960 e. The monoisotopic (exact) mass is 196 g/mol. The zero-order valence-corrected chi connectivity index (χ0v) is 8.96. The van der Waals surface area contributed by atoms with Gasteiger partial charge in [0.25, 0.3) is 0 Å². The van der Waals surface area contributed by atoms with Crippen LogP contribution in [0.3, 0.4) is 0 Å². The topological polar surface area (TPSA) is 36.3 Å². The molecule has 2 unspecified atom stereocenters. The molecule has 3 nitrogen and oxygen atoms in total. The molecule has 2 heterocycles. The number of hydrogen-bond donors (Lipinski definition) is 1. The molecule has 3 heteroatoms. The first-order valence-corrected chi connectivity index (χ1v) is 5.71. The van der Waals surface area contributed by atoms with Gasteiger partial charge in [-0.2, -0.15) is 0 Å². The molecule has 2 aliphatic heterocycles. The Balaban J connectivity index is 2.00. The summed E-state index contributed by atoms with van der Waals surface area (Å²) in [4.78, 5) is 2.32. The zero-order valence-electron chi connectivity index (χ0n) is 8.96. The fourth-order valence-corrected chi connectivity index (χ4v) is 2.55. The fraction of sp³-hybridized carbons (Fsp3) is 0.909. The molecule has 2 aliphatic rings. The van der Waals surface area contributed by atoms with Crippen LogP contribution in [-0.2, 0) is 4.74 Å². The Morgan fingerprint density at radius 2 is 2.29 bits per heavy atom. The van der Waals surface area contributed by atoms with Crippen LogP contribution in [-0.4, -0.2) is 36.5 Å². The van der Waals surface area contributed by atoms with Crippen LogP contribution < -0.4 is 0 Å². The second-order valence-electron chi connectivity index (χ2n) is 4.51. The average molecular weight is 196 g/mol. The lowest BCUT2D eigenvalue weighted by Gasteiger charge is -2.42. The van der Waals surface area contributed by atoms with Crippen molar-refractivity contribution in [3.05, 3.63) is 0 Å². The molecule has 14 heavy (non-hydrogen) atoms. The lowest BCUT2D eigenvalue weighted by Crippen LogP contribution is -2.49. The Morgan fingerprint density at radius 3 is 3.00 bits per heavy atom. The second-order valence-corrected chi connectivity index (χ2v) is 4.51. The van der Waals surface area contributed by atoms with Gasteiger partial charge in [0.05, 0.1) is 12.4 Å². The molecule has 0 amide bonds. The molecule has 0 radical (unpaired) electrons. The smallest absolute Gasteiger partial charge is 0.0960 e. The summed E-state index contributed by atoms with van der Waals surface area (Å²) >= 11 is 0. The number of ether oxygens (including phenoxy) is 1. The van der Waals surface area contributed by atoms with Gasteiger partial charge in [0, 0.05) is 25.6 Å². The molecule has 0 aliphatic carbocycles. The first-order chi connectivity index (χ1) is 6.79. The van der Waals surface area contributed by atoms with Crippen molar-refractivity contribution in [2.75, 3.05) is 19.8 Å². The quantitative estimate of drug-likeness (QED) is 0.695. The Bertz CT molecular complexity index is 217. The van der Waals surface area contributed by atoms with Crippen molar-refractivity contribution in [1.29, 1.82) is 5.41 Å². The van der Waals surface area contributed by atoms with Gasteiger partial charge in [0.15, 0.2) is 0 Å². The SMILES string of the molecule is CC1COCCC1N1CCCCC1=N. The van der Waals surface area contributed by atoms with E-state index >= 15 is 0 Å². The van der Waals surface area contributed by atoms with Gasteiger partial charge in [-0.05, 0) is 25.2 Å². The third kappa shape index (κ3) is 1.92. The third-order valence-electron chi connectivity index (χ3n) is 3.41. The van der Waals surface area contributed by atoms with Crippen LogP contribution in [0.5, 0.6) is 0 Å². The van der Waals surface area contributed by atoms with Crippen LogP contribution in [0.4, 0.5) is 0 Å². The summed E-state index contributed by atoms with van der Waals surface area (Å²) in [6, 6.07) is 0.566. The third-order valence-corrected chi connectivity index (χ3v) is 3.41. The number of likely N-dealkylation sites (tertiary alicyclic amines) is 1. The van der Waals surface area contributed by atoms with E-state index < -0.39 is 0 Å². The minimum absolute atomic E-state index is 0.566. The van der Waals surface area contributed by atoms with Crippen molar-refractivity contribution < 1.29 is 4.74 Å². The molecule has 0 bridgehead atoms. The predicted octanol–water partition coefficient (Wildman–Crippen LogP) is 1.87. The zero-order chi connectivity index (χ0) is 9.97. The average Bonchev–Trinajstić information content (AvgIpc) is 2.20. The number of nitrogens with one attached hydrogen (secondary N) is 1. The fourth-order valence-electron chi connectivity index (χ4n) is 2.55. The van der Waals surface area contributed by atoms with Crippen LogP contribution in [0.15, 0.2) is 0 Å². The Morgan fingerprint density at radius 1 is 1.43 bits per heavy atom. The highest BCUT2D eigenvalue weighted by Gasteiger charge is 2.30. The number of rotatable bonds is 1. The second kappa shape index (κ2) is 4.30. The van der Waals surface area contributed by atoms with Crippen molar-refractivity contribution in [3.63, 3.8) is 0 Å². The summed E-state index contributed by atoms with van der Waals surface area (Å²) in [5.41, 5.74) is 0. The van der Waals surface area contributed by atoms with Crippen LogP contribution in [0.1, 0.15) is 32.6 Å². The molecule has 0 aromatic heterocycles. The summed E-state index contributed by atoms with van der Waals surface area (Å²) in [6.45, 7) is 5.08. The number of amidine groups is 1. The van der Waals surface area contributed by atoms with E-state index in [4.69, 9.17) is 10.1 Å². The highest BCUT2D eigenvalue weighted by atomic mass is 16.5. The Kier molecular flexibility index (Phi) is 3.06. The van der Waals surface area contributed by atoms with E-state index in [1.807, 2.05) is 0 Å². The van der Waals surface area contributed by atoms with E-state index in [1.165, 1.54) is 12.8 Å². The minimum atomic E-state index is 0.566. The number of nitrogens with zero attached hydrogens (tertiary/aromatic N) is 1. The molecule has 1 N–H and O–H groups in total. The van der Waals surface area contributed by atoms with E-state index in [0.717, 1.165) is 38.4 Å². The van der Waals surface area contributed by atoms with Gasteiger partial charge < -0.3 is 9.64 Å². The lowest BCUT2D eigenvalue weighted by molar-refractivity contribution is 0.0117. The lowest BCUT2D eigenvalue weighted by atomic mass is 9.94. The van der Waals surface area contributed by atoms with Gasteiger partial charge in [0.2, 0.25) is 0 Å². The van der Waals surface area contributed by atoms with E-state index in [0.29, 0.717) is 12.0 Å². The molecule has 80 valence electrons. The molecule has 0 aromatic carbocycles. The molecule has 2 saturated heterocycles. The molecule has 0 spiro atoms. The van der Waals surface area contributed by atoms with Gasteiger partial charge in [-0.25, -0.2) is 0 Å². The van der Waals surface area contributed by atoms with Gasteiger partial charge in [0.1, 0.15) is 0 Å².